The predicted octanol–water partition coefficient (Wildman–Crippen LogP) is 3.66. The van der Waals surface area contributed by atoms with Crippen LogP contribution in [-0.2, 0) is 16.1 Å². The first-order valence-corrected chi connectivity index (χ1v) is 7.77. The molecule has 0 atom stereocenters. The fourth-order valence-corrected chi connectivity index (χ4v) is 2.69. The van der Waals surface area contributed by atoms with Crippen molar-refractivity contribution in [1.82, 2.24) is 5.32 Å². The van der Waals surface area contributed by atoms with Crippen LogP contribution in [0.15, 0.2) is 48.5 Å². The van der Waals surface area contributed by atoms with Crippen molar-refractivity contribution in [2.24, 2.45) is 0 Å². The van der Waals surface area contributed by atoms with Crippen LogP contribution in [0.5, 0.6) is 0 Å². The minimum atomic E-state index is -0.310. The van der Waals surface area contributed by atoms with E-state index < -0.39 is 0 Å². The van der Waals surface area contributed by atoms with Crippen LogP contribution in [0.1, 0.15) is 12.5 Å². The van der Waals surface area contributed by atoms with Crippen LogP contribution in [-0.4, -0.2) is 18.4 Å². The lowest BCUT2D eigenvalue weighted by Crippen LogP contribution is -2.39. The first-order valence-electron chi connectivity index (χ1n) is 7.02. The zero-order valence-electron chi connectivity index (χ0n) is 12.6. The Balaban J connectivity index is 2.08. The monoisotopic (exact) mass is 350 g/mol. The molecule has 2 rings (SSSR count). The average Bonchev–Trinajstić information content (AvgIpc) is 2.52. The number of para-hydroxylation sites is 1. The van der Waals surface area contributed by atoms with Crippen LogP contribution in [0.3, 0.4) is 0 Å². The molecule has 23 heavy (non-hydrogen) atoms. The Bertz CT molecular complexity index is 685. The quantitative estimate of drug-likeness (QED) is 0.894. The summed E-state index contributed by atoms with van der Waals surface area (Å²) in [5.74, 6) is -0.602. The van der Waals surface area contributed by atoms with E-state index in [2.05, 4.69) is 5.32 Å². The highest BCUT2D eigenvalue weighted by atomic mass is 35.5. The van der Waals surface area contributed by atoms with Gasteiger partial charge in [0.25, 0.3) is 0 Å². The van der Waals surface area contributed by atoms with E-state index in [4.69, 9.17) is 23.2 Å². The third-order valence-electron chi connectivity index (χ3n) is 3.22. The number of hydrogen-bond donors (Lipinski definition) is 1. The normalized spacial score (nSPS) is 10.2. The van der Waals surface area contributed by atoms with Gasteiger partial charge in [0.15, 0.2) is 0 Å². The Kier molecular flexibility index (Phi) is 6.02. The fraction of sp³-hybridized carbons (Fsp3) is 0.176. The Morgan fingerprint density at radius 3 is 2.17 bits per heavy atom. The highest BCUT2D eigenvalue weighted by Gasteiger charge is 2.20. The molecule has 2 aromatic rings. The summed E-state index contributed by atoms with van der Waals surface area (Å²) in [5, 5.41) is 3.42. The molecule has 4 nitrogen and oxygen atoms in total. The molecule has 0 radical (unpaired) electrons. The van der Waals surface area contributed by atoms with Crippen LogP contribution < -0.4 is 10.2 Å². The van der Waals surface area contributed by atoms with Gasteiger partial charge in [0, 0.05) is 13.5 Å². The Morgan fingerprint density at radius 1 is 1.00 bits per heavy atom. The number of carbonyl (C=O) groups excluding carboxylic acids is 2. The van der Waals surface area contributed by atoms with Crippen molar-refractivity contribution in [2.45, 2.75) is 13.5 Å². The number of carbonyl (C=O) groups is 2. The van der Waals surface area contributed by atoms with Crippen LogP contribution >= 0.6 is 23.2 Å². The Hall–Kier alpha value is -2.04. The number of nitrogens with one attached hydrogen (secondary N) is 1. The van der Waals surface area contributed by atoms with Crippen LogP contribution in [0.25, 0.3) is 0 Å². The van der Waals surface area contributed by atoms with Gasteiger partial charge in [-0.3, -0.25) is 9.59 Å². The number of rotatable bonds is 5. The standard InChI is InChI=1S/C17H16Cl2N2O2/c1-12(22)21(17-14(18)8-5-9-15(17)19)11-16(23)20-10-13-6-3-2-4-7-13/h2-9H,10-11H2,1H3,(H,20,23). The van der Waals surface area contributed by atoms with E-state index in [1.807, 2.05) is 30.3 Å². The van der Waals surface area contributed by atoms with Gasteiger partial charge in [0.1, 0.15) is 6.54 Å². The molecule has 120 valence electrons. The maximum Gasteiger partial charge on any atom is 0.240 e. The number of nitrogens with zero attached hydrogens (tertiary/aromatic N) is 1. The number of hydrogen-bond acceptors (Lipinski definition) is 2. The van der Waals surface area contributed by atoms with Gasteiger partial charge in [0.05, 0.1) is 15.7 Å². The van der Waals surface area contributed by atoms with E-state index in [0.29, 0.717) is 22.3 Å². The molecule has 0 unspecified atom stereocenters. The molecule has 1 N–H and O–H groups in total. The lowest BCUT2D eigenvalue weighted by molar-refractivity contribution is -0.123. The molecular formula is C17H16Cl2N2O2. The summed E-state index contributed by atoms with van der Waals surface area (Å²) in [5.41, 5.74) is 1.32. The van der Waals surface area contributed by atoms with Crippen LogP contribution in [0.2, 0.25) is 10.0 Å². The summed E-state index contributed by atoms with van der Waals surface area (Å²) in [4.78, 5) is 25.3. The topological polar surface area (TPSA) is 49.4 Å². The Labute approximate surface area is 145 Å². The van der Waals surface area contributed by atoms with E-state index >= 15 is 0 Å². The fourth-order valence-electron chi connectivity index (χ4n) is 2.09. The van der Waals surface area contributed by atoms with E-state index in [9.17, 15) is 9.59 Å². The number of anilines is 1. The first kappa shape index (κ1) is 17.3. The van der Waals surface area contributed by atoms with E-state index in [1.54, 1.807) is 18.2 Å². The third kappa shape index (κ3) is 4.71. The molecule has 0 fully saturated rings. The van der Waals surface area contributed by atoms with Crippen molar-refractivity contribution in [1.29, 1.82) is 0 Å². The van der Waals surface area contributed by atoms with Crippen molar-refractivity contribution in [2.75, 3.05) is 11.4 Å². The first-order chi connectivity index (χ1) is 11.0. The predicted molar refractivity (Wildman–Crippen MR) is 92.8 cm³/mol. The van der Waals surface area contributed by atoms with Crippen molar-refractivity contribution < 1.29 is 9.59 Å². The second-order valence-electron chi connectivity index (χ2n) is 4.94. The minimum Gasteiger partial charge on any atom is -0.350 e. The van der Waals surface area contributed by atoms with Gasteiger partial charge in [-0.15, -0.1) is 0 Å². The summed E-state index contributed by atoms with van der Waals surface area (Å²) in [6, 6.07) is 14.5. The van der Waals surface area contributed by atoms with E-state index in [-0.39, 0.29) is 18.4 Å². The molecule has 2 aromatic carbocycles. The lowest BCUT2D eigenvalue weighted by Gasteiger charge is -2.23. The summed E-state index contributed by atoms with van der Waals surface area (Å²) in [7, 11) is 0. The maximum absolute atomic E-state index is 12.1. The summed E-state index contributed by atoms with van der Waals surface area (Å²) >= 11 is 12.2. The van der Waals surface area contributed by atoms with Crippen molar-refractivity contribution in [3.8, 4) is 0 Å². The van der Waals surface area contributed by atoms with E-state index in [1.165, 1.54) is 11.8 Å². The molecule has 0 saturated heterocycles. The molecule has 0 aromatic heterocycles. The zero-order valence-corrected chi connectivity index (χ0v) is 14.1. The minimum absolute atomic E-state index is 0.147. The maximum atomic E-state index is 12.1. The molecule has 0 heterocycles. The average molecular weight is 351 g/mol. The van der Waals surface area contributed by atoms with Gasteiger partial charge in [-0.1, -0.05) is 59.6 Å². The van der Waals surface area contributed by atoms with Gasteiger partial charge >= 0.3 is 0 Å². The molecule has 0 aliphatic rings. The van der Waals surface area contributed by atoms with Gasteiger partial charge in [-0.05, 0) is 17.7 Å². The van der Waals surface area contributed by atoms with Crippen molar-refractivity contribution in [3.05, 3.63) is 64.1 Å². The van der Waals surface area contributed by atoms with Crippen molar-refractivity contribution >= 4 is 40.7 Å². The van der Waals surface area contributed by atoms with Crippen LogP contribution in [0.4, 0.5) is 5.69 Å². The van der Waals surface area contributed by atoms with Gasteiger partial charge in [-0.25, -0.2) is 0 Å². The molecule has 6 heteroatoms. The SMILES string of the molecule is CC(=O)N(CC(=O)NCc1ccccc1)c1c(Cl)cccc1Cl. The smallest absolute Gasteiger partial charge is 0.240 e. The largest absolute Gasteiger partial charge is 0.350 e. The Morgan fingerprint density at radius 2 is 1.61 bits per heavy atom. The van der Waals surface area contributed by atoms with Gasteiger partial charge in [0.2, 0.25) is 11.8 Å². The second-order valence-corrected chi connectivity index (χ2v) is 5.75. The molecule has 0 spiro atoms. The lowest BCUT2D eigenvalue weighted by atomic mass is 10.2. The van der Waals surface area contributed by atoms with Gasteiger partial charge in [-0.2, -0.15) is 0 Å². The highest BCUT2D eigenvalue weighted by Crippen LogP contribution is 2.33. The number of amides is 2. The summed E-state index contributed by atoms with van der Waals surface area (Å²) in [6.07, 6.45) is 0. The molecule has 0 saturated carbocycles. The molecule has 2 amide bonds. The molecule has 0 aliphatic heterocycles. The summed E-state index contributed by atoms with van der Waals surface area (Å²) in [6.45, 7) is 1.61. The summed E-state index contributed by atoms with van der Waals surface area (Å²) < 4.78 is 0. The zero-order chi connectivity index (χ0) is 16.8. The second kappa shape index (κ2) is 7.99. The van der Waals surface area contributed by atoms with E-state index in [0.717, 1.165) is 5.56 Å². The van der Waals surface area contributed by atoms with Crippen molar-refractivity contribution in [3.63, 3.8) is 0 Å². The van der Waals surface area contributed by atoms with Gasteiger partial charge < -0.3 is 10.2 Å². The molecule has 0 aliphatic carbocycles. The molecular weight excluding hydrogens is 335 g/mol. The molecule has 0 bridgehead atoms. The number of halogens is 2. The highest BCUT2D eigenvalue weighted by molar-refractivity contribution is 6.40. The van der Waals surface area contributed by atoms with Crippen LogP contribution in [0, 0.1) is 0 Å². The third-order valence-corrected chi connectivity index (χ3v) is 3.83. The number of benzene rings is 2.